The van der Waals surface area contributed by atoms with Gasteiger partial charge in [-0.1, -0.05) is 27.4 Å². The van der Waals surface area contributed by atoms with Crippen LogP contribution in [0.4, 0.5) is 0 Å². The Kier molecular flexibility index (Phi) is 9.03. The molecular weight excluding hydrogens is 270 g/mol. The van der Waals surface area contributed by atoms with Crippen LogP contribution in [0.15, 0.2) is 36.3 Å². The van der Waals surface area contributed by atoms with Crippen LogP contribution < -0.4 is 0 Å². The third-order valence-corrected chi connectivity index (χ3v) is 4.40. The second-order valence-corrected chi connectivity index (χ2v) is 6.45. The molecule has 0 spiro atoms. The molecule has 0 unspecified atom stereocenters. The van der Waals surface area contributed by atoms with E-state index in [2.05, 4.69) is 51.3 Å². The van der Waals surface area contributed by atoms with Crippen LogP contribution in [0.2, 0.25) is 0 Å². The van der Waals surface area contributed by atoms with Gasteiger partial charge >= 0.3 is 0 Å². The molecule has 0 saturated heterocycles. The first-order valence-electron chi connectivity index (χ1n) is 9.06. The standard InChI is InChI=1S/C20H35NO/c1-6-14-21(15-7-2)18(8-3)16-19(9-4)22-20-12-10-17(5)11-13-20/h8-9,16-17,20H,3,6-7,10-15H2,1-2,4-5H3/b18-16+,19-9+. The number of allylic oxidation sites excluding steroid dienone is 3. The van der Waals surface area contributed by atoms with Crippen molar-refractivity contribution in [3.05, 3.63) is 36.3 Å². The molecule has 0 N–H and O–H groups in total. The second-order valence-electron chi connectivity index (χ2n) is 6.45. The molecule has 1 aliphatic rings. The third kappa shape index (κ3) is 6.29. The van der Waals surface area contributed by atoms with E-state index in [0.717, 1.165) is 37.6 Å². The predicted molar refractivity (Wildman–Crippen MR) is 96.7 cm³/mol. The van der Waals surface area contributed by atoms with E-state index in [9.17, 15) is 0 Å². The fourth-order valence-electron chi connectivity index (χ4n) is 3.06. The minimum absolute atomic E-state index is 0.385. The van der Waals surface area contributed by atoms with Gasteiger partial charge in [0.15, 0.2) is 0 Å². The third-order valence-electron chi connectivity index (χ3n) is 4.40. The summed E-state index contributed by atoms with van der Waals surface area (Å²) in [6, 6.07) is 0. The molecule has 0 aromatic heterocycles. The van der Waals surface area contributed by atoms with Crippen LogP contribution in [-0.2, 0) is 4.74 Å². The van der Waals surface area contributed by atoms with Crippen LogP contribution in [0.3, 0.4) is 0 Å². The highest BCUT2D eigenvalue weighted by Gasteiger charge is 2.19. The largest absolute Gasteiger partial charge is 0.491 e. The summed E-state index contributed by atoms with van der Waals surface area (Å²) in [7, 11) is 0. The van der Waals surface area contributed by atoms with E-state index in [1.807, 2.05) is 6.08 Å². The molecule has 1 aliphatic carbocycles. The van der Waals surface area contributed by atoms with Crippen molar-refractivity contribution in [1.29, 1.82) is 0 Å². The summed E-state index contributed by atoms with van der Waals surface area (Å²) >= 11 is 0. The van der Waals surface area contributed by atoms with Gasteiger partial charge in [0.05, 0.1) is 6.10 Å². The minimum atomic E-state index is 0.385. The van der Waals surface area contributed by atoms with Crippen molar-refractivity contribution < 1.29 is 4.74 Å². The lowest BCUT2D eigenvalue weighted by atomic mass is 9.89. The molecule has 1 rings (SSSR count). The number of nitrogens with zero attached hydrogens (tertiary/aromatic N) is 1. The molecule has 0 bridgehead atoms. The van der Waals surface area contributed by atoms with Gasteiger partial charge < -0.3 is 9.64 Å². The van der Waals surface area contributed by atoms with Gasteiger partial charge in [0.2, 0.25) is 0 Å². The van der Waals surface area contributed by atoms with E-state index >= 15 is 0 Å². The topological polar surface area (TPSA) is 12.5 Å². The van der Waals surface area contributed by atoms with Crippen molar-refractivity contribution in [3.8, 4) is 0 Å². The first-order valence-corrected chi connectivity index (χ1v) is 9.06. The Bertz CT molecular complexity index is 369. The van der Waals surface area contributed by atoms with Gasteiger partial charge in [-0.3, -0.25) is 0 Å². The van der Waals surface area contributed by atoms with E-state index in [4.69, 9.17) is 4.74 Å². The van der Waals surface area contributed by atoms with Gasteiger partial charge in [0, 0.05) is 24.9 Å². The molecule has 1 fully saturated rings. The Labute approximate surface area is 137 Å². The molecule has 0 aromatic rings. The highest BCUT2D eigenvalue weighted by atomic mass is 16.5. The van der Waals surface area contributed by atoms with E-state index in [0.29, 0.717) is 6.10 Å². The second kappa shape index (κ2) is 10.5. The fourth-order valence-corrected chi connectivity index (χ4v) is 3.06. The lowest BCUT2D eigenvalue weighted by Crippen LogP contribution is -2.24. The van der Waals surface area contributed by atoms with Crippen LogP contribution in [0.5, 0.6) is 0 Å². The number of rotatable bonds is 9. The Morgan fingerprint density at radius 2 is 1.73 bits per heavy atom. The zero-order chi connectivity index (χ0) is 16.4. The smallest absolute Gasteiger partial charge is 0.117 e. The van der Waals surface area contributed by atoms with Crippen molar-refractivity contribution in [2.45, 2.75) is 72.3 Å². The van der Waals surface area contributed by atoms with Gasteiger partial charge in [-0.25, -0.2) is 0 Å². The molecule has 0 radical (unpaired) electrons. The van der Waals surface area contributed by atoms with Crippen molar-refractivity contribution >= 4 is 0 Å². The Morgan fingerprint density at radius 3 is 2.18 bits per heavy atom. The zero-order valence-electron chi connectivity index (χ0n) is 15.1. The van der Waals surface area contributed by atoms with Crippen LogP contribution in [0.25, 0.3) is 0 Å². The summed E-state index contributed by atoms with van der Waals surface area (Å²) in [4.78, 5) is 2.41. The van der Waals surface area contributed by atoms with E-state index in [1.54, 1.807) is 0 Å². The van der Waals surface area contributed by atoms with Crippen LogP contribution in [0.1, 0.15) is 66.2 Å². The summed E-state index contributed by atoms with van der Waals surface area (Å²) in [5.74, 6) is 1.85. The molecule has 2 nitrogen and oxygen atoms in total. The zero-order valence-corrected chi connectivity index (χ0v) is 15.1. The van der Waals surface area contributed by atoms with Gasteiger partial charge in [-0.15, -0.1) is 0 Å². The fraction of sp³-hybridized carbons (Fsp3) is 0.700. The van der Waals surface area contributed by atoms with Gasteiger partial charge in [0.1, 0.15) is 5.76 Å². The van der Waals surface area contributed by atoms with Gasteiger partial charge in [-0.2, -0.15) is 0 Å². The molecule has 22 heavy (non-hydrogen) atoms. The summed E-state index contributed by atoms with van der Waals surface area (Å²) < 4.78 is 6.24. The number of hydrogen-bond donors (Lipinski definition) is 0. The van der Waals surface area contributed by atoms with Crippen molar-refractivity contribution in [3.63, 3.8) is 0 Å². The molecule has 0 aliphatic heterocycles. The molecular formula is C20H35NO. The van der Waals surface area contributed by atoms with Gasteiger partial charge in [0.25, 0.3) is 0 Å². The minimum Gasteiger partial charge on any atom is -0.491 e. The summed E-state index contributed by atoms with van der Waals surface area (Å²) in [5, 5.41) is 0. The molecule has 0 amide bonds. The lowest BCUT2D eigenvalue weighted by Gasteiger charge is -2.28. The maximum absolute atomic E-state index is 6.24. The average Bonchev–Trinajstić information content (AvgIpc) is 2.53. The highest BCUT2D eigenvalue weighted by molar-refractivity contribution is 5.25. The summed E-state index contributed by atoms with van der Waals surface area (Å²) in [6.45, 7) is 15.0. The molecule has 0 atom stereocenters. The Morgan fingerprint density at radius 1 is 1.14 bits per heavy atom. The van der Waals surface area contributed by atoms with E-state index in [1.165, 1.54) is 31.4 Å². The Balaban J connectivity index is 2.72. The van der Waals surface area contributed by atoms with Crippen LogP contribution >= 0.6 is 0 Å². The molecule has 2 heteroatoms. The average molecular weight is 306 g/mol. The quantitative estimate of drug-likeness (QED) is 0.401. The predicted octanol–water partition coefficient (Wildman–Crippen LogP) is 5.68. The van der Waals surface area contributed by atoms with Crippen LogP contribution in [-0.4, -0.2) is 24.1 Å². The first-order chi connectivity index (χ1) is 10.6. The van der Waals surface area contributed by atoms with Crippen molar-refractivity contribution in [2.24, 2.45) is 5.92 Å². The number of hydrogen-bond acceptors (Lipinski definition) is 2. The summed E-state index contributed by atoms with van der Waals surface area (Å²) in [6.07, 6.45) is 13.8. The normalized spacial score (nSPS) is 23.3. The van der Waals surface area contributed by atoms with Crippen molar-refractivity contribution in [2.75, 3.05) is 13.1 Å². The first kappa shape index (κ1) is 18.9. The van der Waals surface area contributed by atoms with Gasteiger partial charge in [-0.05, 0) is 63.5 Å². The highest BCUT2D eigenvalue weighted by Crippen LogP contribution is 2.27. The van der Waals surface area contributed by atoms with Crippen LogP contribution in [0, 0.1) is 5.92 Å². The Hall–Kier alpha value is -1.18. The molecule has 126 valence electrons. The molecule has 0 heterocycles. The van der Waals surface area contributed by atoms with E-state index in [-0.39, 0.29) is 0 Å². The SMILES string of the molecule is C=C/C(=C\C(=C/C)OC1CCC(C)CC1)N(CCC)CCC. The monoisotopic (exact) mass is 305 g/mol. The molecule has 1 saturated carbocycles. The maximum Gasteiger partial charge on any atom is 0.117 e. The maximum atomic E-state index is 6.24. The number of ether oxygens (including phenoxy) is 1. The summed E-state index contributed by atoms with van der Waals surface area (Å²) in [5.41, 5.74) is 1.18. The van der Waals surface area contributed by atoms with Crippen molar-refractivity contribution in [1.82, 2.24) is 4.90 Å². The lowest BCUT2D eigenvalue weighted by molar-refractivity contribution is 0.0762. The van der Waals surface area contributed by atoms with E-state index < -0.39 is 0 Å². The molecule has 0 aromatic carbocycles.